The van der Waals surface area contributed by atoms with Crippen molar-refractivity contribution >= 4 is 29.1 Å². The molecule has 2 rings (SSSR count). The fourth-order valence-corrected chi connectivity index (χ4v) is 3.16. The molecule has 0 aliphatic rings. The third kappa shape index (κ3) is 3.36. The topological polar surface area (TPSA) is 65.2 Å². The van der Waals surface area contributed by atoms with E-state index in [0.717, 1.165) is 4.88 Å². The average Bonchev–Trinajstić information content (AvgIpc) is 3.07. The molecule has 0 saturated carbocycles. The van der Waals surface area contributed by atoms with E-state index >= 15 is 0 Å². The zero-order valence-electron chi connectivity index (χ0n) is 10.8. The van der Waals surface area contributed by atoms with E-state index in [2.05, 4.69) is 14.9 Å². The summed E-state index contributed by atoms with van der Waals surface area (Å²) in [6, 6.07) is 3.86. The summed E-state index contributed by atoms with van der Waals surface area (Å²) in [6.45, 7) is 3.72. The minimum absolute atomic E-state index is 0.0599. The van der Waals surface area contributed by atoms with E-state index in [4.69, 9.17) is 4.42 Å². The Bertz CT molecular complexity index is 539. The molecule has 2 heterocycles. The summed E-state index contributed by atoms with van der Waals surface area (Å²) in [5.74, 6) is 0.780. The van der Waals surface area contributed by atoms with Gasteiger partial charge in [0.05, 0.1) is 17.2 Å². The molecule has 0 aliphatic heterocycles. The van der Waals surface area contributed by atoms with E-state index in [-0.39, 0.29) is 16.5 Å². The van der Waals surface area contributed by atoms with Crippen LogP contribution >= 0.6 is 23.1 Å². The Morgan fingerprint density at radius 2 is 2.26 bits per heavy atom. The van der Waals surface area contributed by atoms with Crippen molar-refractivity contribution in [3.8, 4) is 10.8 Å². The summed E-state index contributed by atoms with van der Waals surface area (Å²) < 4.78 is 10.3. The normalized spacial score (nSPS) is 14.1. The Balaban J connectivity index is 2.04. The molecule has 19 heavy (non-hydrogen) atoms. The van der Waals surface area contributed by atoms with Gasteiger partial charge in [0.25, 0.3) is 5.89 Å². The fourth-order valence-electron chi connectivity index (χ4n) is 1.48. The molecular weight excluding hydrogens is 284 g/mol. The van der Waals surface area contributed by atoms with Gasteiger partial charge in [-0.15, -0.1) is 33.3 Å². The van der Waals surface area contributed by atoms with Crippen molar-refractivity contribution in [3.05, 3.63) is 23.4 Å². The van der Waals surface area contributed by atoms with Gasteiger partial charge < -0.3 is 9.15 Å². The lowest BCUT2D eigenvalue weighted by molar-refractivity contribution is -0.139. The molecule has 0 fully saturated rings. The molecule has 0 amide bonds. The molecule has 0 spiro atoms. The predicted octanol–water partition coefficient (Wildman–Crippen LogP) is 3.15. The van der Waals surface area contributed by atoms with E-state index in [1.54, 1.807) is 18.3 Å². The first-order chi connectivity index (χ1) is 9.11. The number of hydrogen-bond acceptors (Lipinski definition) is 7. The van der Waals surface area contributed by atoms with Gasteiger partial charge in [0.2, 0.25) is 5.89 Å². The molecule has 102 valence electrons. The number of hydrogen-bond donors (Lipinski definition) is 0. The lowest BCUT2D eigenvalue weighted by Crippen LogP contribution is -2.15. The van der Waals surface area contributed by atoms with Crippen LogP contribution in [0.25, 0.3) is 10.8 Å². The van der Waals surface area contributed by atoms with E-state index in [9.17, 15) is 4.79 Å². The molecule has 0 N–H and O–H groups in total. The molecule has 0 radical (unpaired) electrons. The first-order valence-corrected chi connectivity index (χ1v) is 7.54. The first kappa shape index (κ1) is 14.1. The zero-order chi connectivity index (χ0) is 13.8. The zero-order valence-corrected chi connectivity index (χ0v) is 12.5. The second-order valence-corrected chi connectivity index (χ2v) is 6.50. The van der Waals surface area contributed by atoms with Gasteiger partial charge in [0.15, 0.2) is 0 Å². The highest BCUT2D eigenvalue weighted by atomic mass is 32.2. The van der Waals surface area contributed by atoms with E-state index < -0.39 is 0 Å². The molecule has 7 heteroatoms. The molecule has 2 aromatic heterocycles. The maximum atomic E-state index is 11.4. The highest BCUT2D eigenvalue weighted by molar-refractivity contribution is 8.00. The van der Waals surface area contributed by atoms with Gasteiger partial charge in [-0.1, -0.05) is 6.07 Å². The van der Waals surface area contributed by atoms with Crippen LogP contribution in [0.2, 0.25) is 0 Å². The number of carbonyl (C=O) groups excluding carboxylic acids is 1. The highest BCUT2D eigenvalue weighted by Gasteiger charge is 2.22. The minimum Gasteiger partial charge on any atom is -0.468 e. The van der Waals surface area contributed by atoms with E-state index in [1.807, 2.05) is 24.4 Å². The highest BCUT2D eigenvalue weighted by Crippen LogP contribution is 2.33. The molecular formula is C12H14N2O3S2. The largest absolute Gasteiger partial charge is 0.468 e. The summed E-state index contributed by atoms with van der Waals surface area (Å²) in [7, 11) is 1.38. The number of thiophene rings is 1. The molecule has 0 unspecified atom stereocenters. The Morgan fingerprint density at radius 3 is 2.89 bits per heavy atom. The number of thioether (sulfide) groups is 1. The number of nitrogens with zero attached hydrogens (tertiary/aromatic N) is 2. The summed E-state index contributed by atoms with van der Waals surface area (Å²) in [5, 5.41) is 9.67. The molecule has 2 aromatic rings. The third-order valence-corrected chi connectivity index (χ3v) is 4.53. The second-order valence-electron chi connectivity index (χ2n) is 3.87. The van der Waals surface area contributed by atoms with Gasteiger partial charge >= 0.3 is 5.97 Å². The van der Waals surface area contributed by atoms with Crippen LogP contribution in [-0.2, 0) is 9.53 Å². The Morgan fingerprint density at radius 1 is 1.47 bits per heavy atom. The van der Waals surface area contributed by atoms with Gasteiger partial charge in [-0.3, -0.25) is 4.79 Å². The average molecular weight is 298 g/mol. The van der Waals surface area contributed by atoms with Crippen LogP contribution in [0.5, 0.6) is 0 Å². The standard InChI is InChI=1S/C12H14N2O3S2/c1-7(19-8(2)12(15)16-3)10-13-14-11(17-10)9-5-4-6-18-9/h4-8H,1-3H3/t7-,8-/m0/s1. The van der Waals surface area contributed by atoms with Crippen LogP contribution in [0.4, 0.5) is 0 Å². The lowest BCUT2D eigenvalue weighted by atomic mass is 10.5. The van der Waals surface area contributed by atoms with Crippen molar-refractivity contribution < 1.29 is 13.9 Å². The van der Waals surface area contributed by atoms with Crippen molar-refractivity contribution in [2.24, 2.45) is 0 Å². The number of ether oxygens (including phenoxy) is 1. The van der Waals surface area contributed by atoms with Gasteiger partial charge in [-0.05, 0) is 25.3 Å². The van der Waals surface area contributed by atoms with Crippen molar-refractivity contribution in [1.82, 2.24) is 10.2 Å². The van der Waals surface area contributed by atoms with Gasteiger partial charge in [-0.25, -0.2) is 0 Å². The van der Waals surface area contributed by atoms with Crippen molar-refractivity contribution in [1.29, 1.82) is 0 Å². The number of carbonyl (C=O) groups is 1. The molecule has 0 aliphatic carbocycles. The van der Waals surface area contributed by atoms with Crippen LogP contribution in [0.3, 0.4) is 0 Å². The van der Waals surface area contributed by atoms with Gasteiger partial charge in [-0.2, -0.15) is 0 Å². The smallest absolute Gasteiger partial charge is 0.318 e. The van der Waals surface area contributed by atoms with Crippen LogP contribution in [0, 0.1) is 0 Å². The molecule has 0 aromatic carbocycles. The third-order valence-electron chi connectivity index (χ3n) is 2.46. The lowest BCUT2D eigenvalue weighted by Gasteiger charge is -2.11. The maximum absolute atomic E-state index is 11.4. The summed E-state index contributed by atoms with van der Waals surface area (Å²) in [6.07, 6.45) is 0. The van der Waals surface area contributed by atoms with Crippen molar-refractivity contribution in [2.75, 3.05) is 7.11 Å². The summed E-state index contributed by atoms with van der Waals surface area (Å²) >= 11 is 2.97. The first-order valence-electron chi connectivity index (χ1n) is 5.72. The SMILES string of the molecule is COC(=O)[C@H](C)S[C@@H](C)c1nnc(-c2cccs2)o1. The van der Waals surface area contributed by atoms with Crippen LogP contribution in [0.15, 0.2) is 21.9 Å². The summed E-state index contributed by atoms with van der Waals surface area (Å²) in [5.41, 5.74) is 0. The minimum atomic E-state index is -0.267. The Kier molecular flexibility index (Phi) is 4.60. The second kappa shape index (κ2) is 6.21. The monoisotopic (exact) mass is 298 g/mol. The molecule has 0 bridgehead atoms. The Hall–Kier alpha value is -1.34. The van der Waals surface area contributed by atoms with Crippen LogP contribution < -0.4 is 0 Å². The van der Waals surface area contributed by atoms with Gasteiger partial charge in [0, 0.05) is 0 Å². The van der Waals surface area contributed by atoms with E-state index in [0.29, 0.717) is 11.8 Å². The number of esters is 1. The quantitative estimate of drug-likeness (QED) is 0.790. The Labute approximate surface area is 119 Å². The molecule has 0 saturated heterocycles. The fraction of sp³-hybridized carbons (Fsp3) is 0.417. The molecule has 2 atom stereocenters. The predicted molar refractivity (Wildman–Crippen MR) is 75.1 cm³/mol. The molecule has 5 nitrogen and oxygen atoms in total. The van der Waals surface area contributed by atoms with E-state index in [1.165, 1.54) is 18.9 Å². The van der Waals surface area contributed by atoms with Crippen molar-refractivity contribution in [3.63, 3.8) is 0 Å². The van der Waals surface area contributed by atoms with Crippen LogP contribution in [-0.4, -0.2) is 28.5 Å². The number of aromatic nitrogens is 2. The summed E-state index contributed by atoms with van der Waals surface area (Å²) in [4.78, 5) is 12.3. The van der Waals surface area contributed by atoms with Crippen molar-refractivity contribution in [2.45, 2.75) is 24.3 Å². The maximum Gasteiger partial charge on any atom is 0.318 e. The van der Waals surface area contributed by atoms with Crippen LogP contribution in [0.1, 0.15) is 25.0 Å². The number of rotatable bonds is 5. The number of methoxy groups -OCH3 is 1. The van der Waals surface area contributed by atoms with Gasteiger partial charge in [0.1, 0.15) is 5.25 Å².